The third-order valence-electron chi connectivity index (χ3n) is 2.74. The number of rotatable bonds is 3. The zero-order valence-electron chi connectivity index (χ0n) is 10.8. The minimum atomic E-state index is -0.256. The molecule has 0 bridgehead atoms. The third kappa shape index (κ3) is 4.94. The highest BCUT2D eigenvalue weighted by atomic mass is 16.5. The summed E-state index contributed by atoms with van der Waals surface area (Å²) in [7, 11) is 0. The molecule has 2 unspecified atom stereocenters. The molecule has 4 nitrogen and oxygen atoms in total. The van der Waals surface area contributed by atoms with Crippen LogP contribution in [0.2, 0.25) is 0 Å². The van der Waals surface area contributed by atoms with E-state index in [2.05, 4.69) is 17.6 Å². The van der Waals surface area contributed by atoms with Gasteiger partial charge in [0.15, 0.2) is 0 Å². The van der Waals surface area contributed by atoms with Gasteiger partial charge in [0.05, 0.1) is 5.60 Å². The minimum Gasteiger partial charge on any atom is -0.366 e. The average Bonchev–Trinajstić information content (AvgIpc) is 2.18. The quantitative estimate of drug-likeness (QED) is 0.759. The second-order valence-electron chi connectivity index (χ2n) is 5.46. The lowest BCUT2D eigenvalue weighted by Crippen LogP contribution is -2.52. The van der Waals surface area contributed by atoms with E-state index >= 15 is 0 Å². The number of hydrogen-bond acceptors (Lipinski definition) is 3. The van der Waals surface area contributed by atoms with Crippen LogP contribution in [-0.2, 0) is 9.53 Å². The van der Waals surface area contributed by atoms with Crippen molar-refractivity contribution in [3.05, 3.63) is 0 Å². The summed E-state index contributed by atoms with van der Waals surface area (Å²) >= 11 is 0. The summed E-state index contributed by atoms with van der Waals surface area (Å²) < 4.78 is 5.44. The molecule has 1 rings (SSSR count). The Morgan fingerprint density at radius 2 is 2.19 bits per heavy atom. The molecular weight excluding hydrogens is 204 g/mol. The van der Waals surface area contributed by atoms with Crippen molar-refractivity contribution in [1.29, 1.82) is 0 Å². The van der Waals surface area contributed by atoms with Gasteiger partial charge in [-0.2, -0.15) is 0 Å². The number of piperidine rings is 1. The predicted octanol–water partition coefficient (Wildman–Crippen LogP) is 1.06. The molecule has 1 fully saturated rings. The first-order valence-corrected chi connectivity index (χ1v) is 6.05. The molecule has 0 aromatic rings. The molecule has 1 amide bonds. The molecule has 1 heterocycles. The Balaban J connectivity index is 2.28. The monoisotopic (exact) mass is 228 g/mol. The summed E-state index contributed by atoms with van der Waals surface area (Å²) in [5.74, 6) is -0.0181. The number of carbonyl (C=O) groups is 1. The van der Waals surface area contributed by atoms with Gasteiger partial charge in [-0.3, -0.25) is 4.79 Å². The van der Waals surface area contributed by atoms with Crippen LogP contribution in [0.3, 0.4) is 0 Å². The molecule has 1 aliphatic heterocycles. The summed E-state index contributed by atoms with van der Waals surface area (Å²) in [5.41, 5.74) is -0.256. The normalized spacial score (nSPS) is 26.5. The van der Waals surface area contributed by atoms with Gasteiger partial charge in [-0.05, 0) is 47.1 Å². The molecule has 16 heavy (non-hydrogen) atoms. The maximum Gasteiger partial charge on any atom is 0.246 e. The van der Waals surface area contributed by atoms with E-state index in [0.717, 1.165) is 19.4 Å². The molecule has 0 spiro atoms. The number of hydrogen-bond donors (Lipinski definition) is 2. The largest absolute Gasteiger partial charge is 0.366 e. The number of ether oxygens (including phenoxy) is 1. The summed E-state index contributed by atoms with van der Waals surface area (Å²) in [6.45, 7) is 9.15. The van der Waals surface area contributed by atoms with Crippen LogP contribution in [0.15, 0.2) is 0 Å². The van der Waals surface area contributed by atoms with Crippen LogP contribution in [0.1, 0.15) is 40.5 Å². The van der Waals surface area contributed by atoms with Crippen molar-refractivity contribution in [2.75, 3.05) is 13.2 Å². The van der Waals surface area contributed by atoms with E-state index in [4.69, 9.17) is 4.74 Å². The molecule has 2 N–H and O–H groups in total. The smallest absolute Gasteiger partial charge is 0.246 e. The molecule has 94 valence electrons. The van der Waals surface area contributed by atoms with Gasteiger partial charge in [0.2, 0.25) is 5.91 Å². The molecule has 4 heteroatoms. The van der Waals surface area contributed by atoms with Gasteiger partial charge in [-0.1, -0.05) is 0 Å². The second-order valence-corrected chi connectivity index (χ2v) is 5.46. The highest BCUT2D eigenvalue weighted by Gasteiger charge is 2.22. The van der Waals surface area contributed by atoms with Gasteiger partial charge < -0.3 is 15.4 Å². The first-order chi connectivity index (χ1) is 7.38. The molecule has 1 aliphatic rings. The lowest BCUT2D eigenvalue weighted by Gasteiger charge is -2.31. The molecule has 0 aromatic carbocycles. The Morgan fingerprint density at radius 3 is 2.75 bits per heavy atom. The van der Waals surface area contributed by atoms with Gasteiger partial charge in [-0.25, -0.2) is 0 Å². The molecule has 0 aliphatic carbocycles. The van der Waals surface area contributed by atoms with E-state index in [1.807, 2.05) is 20.8 Å². The Bertz CT molecular complexity index is 236. The van der Waals surface area contributed by atoms with Crippen LogP contribution in [0.25, 0.3) is 0 Å². The van der Waals surface area contributed by atoms with E-state index in [0.29, 0.717) is 6.04 Å². The Morgan fingerprint density at radius 1 is 1.50 bits per heavy atom. The first-order valence-electron chi connectivity index (χ1n) is 6.05. The SMILES string of the molecule is CC1NCCCC1NC(=O)COC(C)(C)C. The maximum absolute atomic E-state index is 11.6. The maximum atomic E-state index is 11.6. The van der Waals surface area contributed by atoms with E-state index in [9.17, 15) is 4.79 Å². The number of nitrogens with one attached hydrogen (secondary N) is 2. The van der Waals surface area contributed by atoms with E-state index in [1.54, 1.807) is 0 Å². The molecular formula is C12H24N2O2. The predicted molar refractivity (Wildman–Crippen MR) is 64.3 cm³/mol. The fourth-order valence-electron chi connectivity index (χ4n) is 1.77. The van der Waals surface area contributed by atoms with Crippen LogP contribution < -0.4 is 10.6 Å². The summed E-state index contributed by atoms with van der Waals surface area (Å²) in [6, 6.07) is 0.595. The lowest BCUT2D eigenvalue weighted by atomic mass is 10.00. The van der Waals surface area contributed by atoms with Crippen LogP contribution >= 0.6 is 0 Å². The van der Waals surface area contributed by atoms with Gasteiger partial charge >= 0.3 is 0 Å². The lowest BCUT2D eigenvalue weighted by molar-refractivity contribution is -0.131. The minimum absolute atomic E-state index is 0.0181. The second kappa shape index (κ2) is 5.64. The van der Waals surface area contributed by atoms with Crippen LogP contribution in [0, 0.1) is 0 Å². The molecule has 0 radical (unpaired) electrons. The number of carbonyl (C=O) groups excluding carboxylic acids is 1. The fraction of sp³-hybridized carbons (Fsp3) is 0.917. The third-order valence-corrected chi connectivity index (χ3v) is 2.74. The highest BCUT2D eigenvalue weighted by Crippen LogP contribution is 2.09. The Kier molecular flexibility index (Phi) is 4.74. The van der Waals surface area contributed by atoms with Gasteiger partial charge in [0.1, 0.15) is 6.61 Å². The van der Waals surface area contributed by atoms with Gasteiger partial charge in [-0.15, -0.1) is 0 Å². The van der Waals surface area contributed by atoms with Crippen molar-refractivity contribution < 1.29 is 9.53 Å². The molecule has 1 saturated heterocycles. The zero-order valence-corrected chi connectivity index (χ0v) is 10.8. The van der Waals surface area contributed by atoms with Crippen LogP contribution in [0.4, 0.5) is 0 Å². The average molecular weight is 228 g/mol. The van der Waals surface area contributed by atoms with Gasteiger partial charge in [0.25, 0.3) is 0 Å². The molecule has 0 aromatic heterocycles. The zero-order chi connectivity index (χ0) is 12.2. The molecule has 0 saturated carbocycles. The van der Waals surface area contributed by atoms with E-state index in [-0.39, 0.29) is 24.2 Å². The van der Waals surface area contributed by atoms with Crippen molar-refractivity contribution in [3.63, 3.8) is 0 Å². The van der Waals surface area contributed by atoms with Crippen molar-refractivity contribution >= 4 is 5.91 Å². The highest BCUT2D eigenvalue weighted by molar-refractivity contribution is 5.77. The van der Waals surface area contributed by atoms with Crippen LogP contribution in [-0.4, -0.2) is 36.7 Å². The van der Waals surface area contributed by atoms with Gasteiger partial charge in [0, 0.05) is 12.1 Å². The first kappa shape index (κ1) is 13.5. The van der Waals surface area contributed by atoms with Crippen molar-refractivity contribution in [1.82, 2.24) is 10.6 Å². The number of amides is 1. The van der Waals surface area contributed by atoms with Crippen LogP contribution in [0.5, 0.6) is 0 Å². The molecule has 2 atom stereocenters. The van der Waals surface area contributed by atoms with Crippen molar-refractivity contribution in [3.8, 4) is 0 Å². The Labute approximate surface area is 98.1 Å². The summed E-state index contributed by atoms with van der Waals surface area (Å²) in [4.78, 5) is 11.6. The van der Waals surface area contributed by atoms with E-state index in [1.165, 1.54) is 0 Å². The topological polar surface area (TPSA) is 50.4 Å². The summed E-state index contributed by atoms with van der Waals surface area (Å²) in [6.07, 6.45) is 2.17. The standard InChI is InChI=1S/C12H24N2O2/c1-9-10(6-5-7-13-9)14-11(15)8-16-12(2,3)4/h9-10,13H,5-8H2,1-4H3,(H,14,15). The fourth-order valence-corrected chi connectivity index (χ4v) is 1.77. The Hall–Kier alpha value is -0.610. The summed E-state index contributed by atoms with van der Waals surface area (Å²) in [5, 5.41) is 6.37. The van der Waals surface area contributed by atoms with E-state index < -0.39 is 0 Å². The van der Waals surface area contributed by atoms with Crippen molar-refractivity contribution in [2.24, 2.45) is 0 Å². The van der Waals surface area contributed by atoms with Crippen molar-refractivity contribution in [2.45, 2.75) is 58.2 Å².